The molecule has 100 valence electrons. The highest BCUT2D eigenvalue weighted by Gasteiger charge is 2.32. The number of hydrogen-bond acceptors (Lipinski definition) is 1. The van der Waals surface area contributed by atoms with Gasteiger partial charge in [-0.25, -0.2) is 8.78 Å². The predicted molar refractivity (Wildman–Crippen MR) is 67.0 cm³/mol. The van der Waals surface area contributed by atoms with Crippen molar-refractivity contribution in [3.63, 3.8) is 0 Å². The van der Waals surface area contributed by atoms with E-state index in [9.17, 15) is 13.9 Å². The first kappa shape index (κ1) is 13.5. The smallest absolute Gasteiger partial charge is 0.131 e. The maximum absolute atomic E-state index is 13.6. The van der Waals surface area contributed by atoms with Crippen LogP contribution < -0.4 is 0 Å². The van der Waals surface area contributed by atoms with Crippen LogP contribution in [0.25, 0.3) is 0 Å². The molecular formula is C15H20F2O. The Morgan fingerprint density at radius 3 is 2.28 bits per heavy atom. The molecule has 1 nitrogen and oxygen atoms in total. The van der Waals surface area contributed by atoms with E-state index in [2.05, 4.69) is 13.8 Å². The molecule has 4 atom stereocenters. The van der Waals surface area contributed by atoms with E-state index in [1.807, 2.05) is 0 Å². The summed E-state index contributed by atoms with van der Waals surface area (Å²) >= 11 is 0. The molecule has 1 aromatic rings. The average Bonchev–Trinajstić information content (AvgIpc) is 2.32. The maximum Gasteiger partial charge on any atom is 0.131 e. The summed E-state index contributed by atoms with van der Waals surface area (Å²) in [4.78, 5) is 0. The molecule has 0 spiro atoms. The van der Waals surface area contributed by atoms with Crippen LogP contribution in [-0.2, 0) is 0 Å². The lowest BCUT2D eigenvalue weighted by Gasteiger charge is -2.34. The Kier molecular flexibility index (Phi) is 4.00. The van der Waals surface area contributed by atoms with Gasteiger partial charge < -0.3 is 5.11 Å². The van der Waals surface area contributed by atoms with E-state index in [0.29, 0.717) is 11.8 Å². The van der Waals surface area contributed by atoms with Crippen molar-refractivity contribution in [2.75, 3.05) is 0 Å². The highest BCUT2D eigenvalue weighted by atomic mass is 19.1. The second-order valence-electron chi connectivity index (χ2n) is 5.61. The molecule has 0 radical (unpaired) electrons. The minimum atomic E-state index is -1.03. The third kappa shape index (κ3) is 2.56. The van der Waals surface area contributed by atoms with Crippen molar-refractivity contribution < 1.29 is 13.9 Å². The Morgan fingerprint density at radius 1 is 1.11 bits per heavy atom. The van der Waals surface area contributed by atoms with Gasteiger partial charge in [0.2, 0.25) is 0 Å². The first-order valence-electron chi connectivity index (χ1n) is 6.62. The van der Waals surface area contributed by atoms with E-state index < -0.39 is 17.7 Å². The van der Waals surface area contributed by atoms with Gasteiger partial charge in [0.15, 0.2) is 0 Å². The Labute approximate surface area is 107 Å². The molecule has 0 saturated heterocycles. The van der Waals surface area contributed by atoms with E-state index in [0.717, 1.165) is 19.3 Å². The third-order valence-corrected chi connectivity index (χ3v) is 4.38. The molecule has 0 amide bonds. The van der Waals surface area contributed by atoms with E-state index in [1.165, 1.54) is 18.2 Å². The van der Waals surface area contributed by atoms with Crippen LogP contribution in [0, 0.1) is 29.4 Å². The molecule has 0 aromatic heterocycles. The second kappa shape index (κ2) is 5.35. The molecule has 2 rings (SSSR count). The van der Waals surface area contributed by atoms with Gasteiger partial charge in [-0.3, -0.25) is 0 Å². The van der Waals surface area contributed by atoms with Gasteiger partial charge in [0, 0.05) is 0 Å². The molecule has 1 aromatic carbocycles. The summed E-state index contributed by atoms with van der Waals surface area (Å²) in [5, 5.41) is 10.2. The first-order chi connectivity index (χ1) is 8.50. The summed E-state index contributed by atoms with van der Waals surface area (Å²) in [7, 11) is 0. The number of halogens is 2. The fraction of sp³-hybridized carbons (Fsp3) is 0.600. The zero-order valence-corrected chi connectivity index (χ0v) is 10.9. The summed E-state index contributed by atoms with van der Waals surface area (Å²) in [6, 6.07) is 3.74. The van der Waals surface area contributed by atoms with E-state index in [1.54, 1.807) is 0 Å². The molecule has 1 N–H and O–H groups in total. The van der Waals surface area contributed by atoms with E-state index in [-0.39, 0.29) is 11.5 Å². The molecule has 1 aliphatic carbocycles. The van der Waals surface area contributed by atoms with Crippen molar-refractivity contribution in [3.05, 3.63) is 35.4 Å². The van der Waals surface area contributed by atoms with Crippen molar-refractivity contribution in [2.45, 2.75) is 39.2 Å². The third-order valence-electron chi connectivity index (χ3n) is 4.38. The van der Waals surface area contributed by atoms with Crippen LogP contribution in [0.5, 0.6) is 0 Å². The van der Waals surface area contributed by atoms with Crippen molar-refractivity contribution in [1.82, 2.24) is 0 Å². The number of rotatable bonds is 2. The van der Waals surface area contributed by atoms with Gasteiger partial charge in [-0.1, -0.05) is 26.3 Å². The lowest BCUT2D eigenvalue weighted by atomic mass is 9.73. The molecule has 0 aliphatic heterocycles. The zero-order valence-electron chi connectivity index (χ0n) is 10.9. The molecular weight excluding hydrogens is 234 g/mol. The van der Waals surface area contributed by atoms with Gasteiger partial charge in [0.25, 0.3) is 0 Å². The minimum absolute atomic E-state index is 0.0393. The van der Waals surface area contributed by atoms with Gasteiger partial charge in [-0.2, -0.15) is 0 Å². The van der Waals surface area contributed by atoms with Gasteiger partial charge in [0.1, 0.15) is 11.6 Å². The van der Waals surface area contributed by atoms with Crippen molar-refractivity contribution >= 4 is 0 Å². The number of aliphatic hydroxyl groups excluding tert-OH is 1. The highest BCUT2D eigenvalue weighted by molar-refractivity contribution is 5.22. The Hall–Kier alpha value is -0.960. The molecule has 1 aliphatic rings. The van der Waals surface area contributed by atoms with Crippen molar-refractivity contribution in [2.24, 2.45) is 17.8 Å². The van der Waals surface area contributed by atoms with Crippen LogP contribution in [0.4, 0.5) is 8.78 Å². The fourth-order valence-electron chi connectivity index (χ4n) is 2.90. The average molecular weight is 254 g/mol. The lowest BCUT2D eigenvalue weighted by Crippen LogP contribution is -2.26. The predicted octanol–water partition coefficient (Wildman–Crippen LogP) is 4.07. The minimum Gasteiger partial charge on any atom is -0.388 e. The fourth-order valence-corrected chi connectivity index (χ4v) is 2.90. The Balaban J connectivity index is 2.19. The van der Waals surface area contributed by atoms with Crippen molar-refractivity contribution in [1.29, 1.82) is 0 Å². The van der Waals surface area contributed by atoms with Crippen LogP contribution in [0.3, 0.4) is 0 Å². The quantitative estimate of drug-likeness (QED) is 0.843. The normalized spacial score (nSPS) is 30.2. The van der Waals surface area contributed by atoms with E-state index >= 15 is 0 Å². The van der Waals surface area contributed by atoms with Gasteiger partial charge in [-0.15, -0.1) is 0 Å². The summed E-state index contributed by atoms with van der Waals surface area (Å²) in [5.74, 6) is -0.211. The van der Waals surface area contributed by atoms with Crippen LogP contribution in [-0.4, -0.2) is 5.11 Å². The Bertz CT molecular complexity index is 399. The van der Waals surface area contributed by atoms with Crippen LogP contribution in [0.2, 0.25) is 0 Å². The van der Waals surface area contributed by atoms with Crippen LogP contribution in [0.1, 0.15) is 44.8 Å². The molecule has 4 unspecified atom stereocenters. The van der Waals surface area contributed by atoms with E-state index in [4.69, 9.17) is 0 Å². The largest absolute Gasteiger partial charge is 0.388 e. The molecule has 0 bridgehead atoms. The number of aliphatic hydroxyl groups is 1. The first-order valence-corrected chi connectivity index (χ1v) is 6.62. The molecule has 0 heterocycles. The standard InChI is InChI=1S/C15H20F2O/c1-9-6-7-11(8-10(9)2)15(18)14-12(16)4-3-5-13(14)17/h3-5,9-11,15,18H,6-8H2,1-2H3. The van der Waals surface area contributed by atoms with Gasteiger partial charge in [0.05, 0.1) is 11.7 Å². The molecule has 1 saturated carbocycles. The molecule has 18 heavy (non-hydrogen) atoms. The summed E-state index contributed by atoms with van der Waals surface area (Å²) < 4.78 is 27.3. The second-order valence-corrected chi connectivity index (χ2v) is 5.61. The summed E-state index contributed by atoms with van der Waals surface area (Å²) in [6.07, 6.45) is 1.65. The summed E-state index contributed by atoms with van der Waals surface area (Å²) in [6.45, 7) is 4.33. The lowest BCUT2D eigenvalue weighted by molar-refractivity contribution is 0.0509. The Morgan fingerprint density at radius 2 is 1.72 bits per heavy atom. The topological polar surface area (TPSA) is 20.2 Å². The van der Waals surface area contributed by atoms with Crippen molar-refractivity contribution in [3.8, 4) is 0 Å². The maximum atomic E-state index is 13.6. The van der Waals surface area contributed by atoms with Gasteiger partial charge >= 0.3 is 0 Å². The number of benzene rings is 1. The SMILES string of the molecule is CC1CCC(C(O)c2c(F)cccc2F)CC1C. The zero-order chi connectivity index (χ0) is 13.3. The highest BCUT2D eigenvalue weighted by Crippen LogP contribution is 2.40. The van der Waals surface area contributed by atoms with Crippen LogP contribution in [0.15, 0.2) is 18.2 Å². The van der Waals surface area contributed by atoms with Crippen LogP contribution >= 0.6 is 0 Å². The monoisotopic (exact) mass is 254 g/mol. The molecule has 1 fully saturated rings. The molecule has 3 heteroatoms. The van der Waals surface area contributed by atoms with Gasteiger partial charge in [-0.05, 0) is 42.7 Å². The summed E-state index contributed by atoms with van der Waals surface area (Å²) in [5.41, 5.74) is -0.163. The number of hydrogen-bond donors (Lipinski definition) is 1.